The maximum Gasteiger partial charge on any atom is 0.321 e. The van der Waals surface area contributed by atoms with Gasteiger partial charge in [-0.1, -0.05) is 6.07 Å². The summed E-state index contributed by atoms with van der Waals surface area (Å²) < 4.78 is 5.28. The van der Waals surface area contributed by atoms with Gasteiger partial charge in [0.2, 0.25) is 0 Å². The van der Waals surface area contributed by atoms with Crippen molar-refractivity contribution in [1.82, 2.24) is 4.90 Å². The summed E-state index contributed by atoms with van der Waals surface area (Å²) in [5.41, 5.74) is 2.81. The molecule has 1 saturated heterocycles. The number of urea groups is 1. The lowest BCUT2D eigenvalue weighted by atomic mass is 10.0. The molecule has 1 fully saturated rings. The minimum Gasteiger partial charge on any atom is -0.378 e. The van der Waals surface area contributed by atoms with Crippen LogP contribution in [-0.2, 0) is 11.2 Å². The second-order valence-electron chi connectivity index (χ2n) is 6.41. The number of amides is 3. The van der Waals surface area contributed by atoms with Crippen LogP contribution in [-0.4, -0.2) is 49.7 Å². The number of thiophene rings is 1. The number of nitrogens with zero attached hydrogens (tertiary/aromatic N) is 2. The van der Waals surface area contributed by atoms with Crippen molar-refractivity contribution in [2.75, 3.05) is 43.1 Å². The average molecular weight is 371 g/mol. The van der Waals surface area contributed by atoms with Gasteiger partial charge in [-0.25, -0.2) is 4.79 Å². The molecule has 2 aliphatic heterocycles. The lowest BCUT2D eigenvalue weighted by molar-refractivity contribution is 0.0564. The van der Waals surface area contributed by atoms with Gasteiger partial charge in [0, 0.05) is 31.0 Å². The predicted molar refractivity (Wildman–Crippen MR) is 102 cm³/mol. The van der Waals surface area contributed by atoms with Crippen molar-refractivity contribution in [2.24, 2.45) is 0 Å². The number of anilines is 2. The van der Waals surface area contributed by atoms with Crippen LogP contribution in [0.25, 0.3) is 0 Å². The summed E-state index contributed by atoms with van der Waals surface area (Å²) in [4.78, 5) is 29.5. The average Bonchev–Trinajstić information content (AvgIpc) is 3.22. The highest BCUT2D eigenvalue weighted by Gasteiger charge is 2.25. The number of carbonyl (C=O) groups excluding carboxylic acids is 2. The van der Waals surface area contributed by atoms with Crippen molar-refractivity contribution >= 4 is 34.6 Å². The number of hydrogen-bond acceptors (Lipinski definition) is 4. The molecule has 3 amide bonds. The zero-order chi connectivity index (χ0) is 17.9. The van der Waals surface area contributed by atoms with Gasteiger partial charge in [0.05, 0.1) is 18.1 Å². The maximum atomic E-state index is 12.7. The third kappa shape index (κ3) is 3.45. The molecule has 1 N–H and O–H groups in total. The molecule has 0 bridgehead atoms. The van der Waals surface area contributed by atoms with E-state index in [1.807, 2.05) is 40.6 Å². The van der Waals surface area contributed by atoms with Gasteiger partial charge in [0.15, 0.2) is 0 Å². The number of rotatable bonds is 2. The Hall–Kier alpha value is -2.38. The fourth-order valence-electron chi connectivity index (χ4n) is 3.39. The molecular weight excluding hydrogens is 350 g/mol. The van der Waals surface area contributed by atoms with E-state index in [4.69, 9.17) is 4.74 Å². The van der Waals surface area contributed by atoms with E-state index < -0.39 is 0 Å². The third-order valence-corrected chi connectivity index (χ3v) is 5.58. The number of benzene rings is 1. The van der Waals surface area contributed by atoms with E-state index in [-0.39, 0.29) is 11.9 Å². The van der Waals surface area contributed by atoms with Crippen LogP contribution < -0.4 is 10.2 Å². The van der Waals surface area contributed by atoms with Crippen molar-refractivity contribution in [3.8, 4) is 0 Å². The molecule has 0 spiro atoms. The van der Waals surface area contributed by atoms with Crippen molar-refractivity contribution in [1.29, 1.82) is 0 Å². The van der Waals surface area contributed by atoms with E-state index in [9.17, 15) is 9.59 Å². The Kier molecular flexibility index (Phi) is 4.90. The Balaban J connectivity index is 1.51. The van der Waals surface area contributed by atoms with Crippen LogP contribution in [0.2, 0.25) is 0 Å². The highest BCUT2D eigenvalue weighted by atomic mass is 32.1. The number of aryl methyl sites for hydroxylation is 1. The van der Waals surface area contributed by atoms with Gasteiger partial charge in [-0.15, -0.1) is 11.3 Å². The van der Waals surface area contributed by atoms with Gasteiger partial charge in [-0.2, -0.15) is 0 Å². The zero-order valence-electron chi connectivity index (χ0n) is 14.4. The largest absolute Gasteiger partial charge is 0.378 e. The topological polar surface area (TPSA) is 61.9 Å². The van der Waals surface area contributed by atoms with E-state index in [1.54, 1.807) is 4.90 Å². The van der Waals surface area contributed by atoms with Gasteiger partial charge < -0.3 is 19.9 Å². The summed E-state index contributed by atoms with van der Waals surface area (Å²) in [6.07, 6.45) is 1.83. The number of carbonyl (C=O) groups is 2. The first-order chi connectivity index (χ1) is 12.7. The summed E-state index contributed by atoms with van der Waals surface area (Å²) >= 11 is 1.46. The van der Waals surface area contributed by atoms with E-state index >= 15 is 0 Å². The second kappa shape index (κ2) is 7.47. The lowest BCUT2D eigenvalue weighted by Crippen LogP contribution is -2.43. The number of ether oxygens (including phenoxy) is 1. The van der Waals surface area contributed by atoms with Crippen LogP contribution in [0.3, 0.4) is 0 Å². The minimum absolute atomic E-state index is 0.0473. The molecule has 0 radical (unpaired) electrons. The molecule has 7 heteroatoms. The Morgan fingerprint density at radius 1 is 1.12 bits per heavy atom. The third-order valence-electron chi connectivity index (χ3n) is 4.72. The first kappa shape index (κ1) is 17.1. The van der Waals surface area contributed by atoms with Gasteiger partial charge in [0.25, 0.3) is 5.91 Å². The van der Waals surface area contributed by atoms with Crippen molar-refractivity contribution in [3.05, 3.63) is 46.2 Å². The Bertz CT molecular complexity index is 800. The minimum atomic E-state index is -0.101. The van der Waals surface area contributed by atoms with Crippen LogP contribution in [0.15, 0.2) is 35.7 Å². The monoisotopic (exact) mass is 371 g/mol. The number of nitrogens with one attached hydrogen (secondary N) is 1. The SMILES string of the molecule is O=C(Nc1ccc2c(c1)CCCN2C(=O)c1cccs1)N1CCOCC1. The fraction of sp³-hybridized carbons (Fsp3) is 0.368. The summed E-state index contributed by atoms with van der Waals surface area (Å²) in [6.45, 7) is 3.11. The summed E-state index contributed by atoms with van der Waals surface area (Å²) in [7, 11) is 0. The molecule has 2 aliphatic rings. The molecule has 4 rings (SSSR count). The molecule has 0 saturated carbocycles. The van der Waals surface area contributed by atoms with Crippen LogP contribution in [0, 0.1) is 0 Å². The molecule has 1 aromatic heterocycles. The highest BCUT2D eigenvalue weighted by molar-refractivity contribution is 7.12. The van der Waals surface area contributed by atoms with E-state index in [1.165, 1.54) is 11.3 Å². The number of morpholine rings is 1. The molecule has 136 valence electrons. The van der Waals surface area contributed by atoms with Gasteiger partial charge in [-0.05, 0) is 48.1 Å². The van der Waals surface area contributed by atoms with Crippen LogP contribution >= 0.6 is 11.3 Å². The summed E-state index contributed by atoms with van der Waals surface area (Å²) in [6, 6.07) is 9.45. The summed E-state index contributed by atoms with van der Waals surface area (Å²) in [5.74, 6) is 0.0473. The lowest BCUT2D eigenvalue weighted by Gasteiger charge is -2.30. The molecule has 1 aromatic carbocycles. The van der Waals surface area contributed by atoms with Gasteiger partial charge in [0.1, 0.15) is 0 Å². The Morgan fingerprint density at radius 2 is 1.96 bits per heavy atom. The van der Waals surface area contributed by atoms with Crippen LogP contribution in [0.1, 0.15) is 21.7 Å². The standard InChI is InChI=1S/C19H21N3O3S/c23-18(17-4-2-12-26-17)22-7-1-3-14-13-15(5-6-16(14)22)20-19(24)21-8-10-25-11-9-21/h2,4-6,12-13H,1,3,7-11H2,(H,20,24). The molecule has 0 aliphatic carbocycles. The van der Waals surface area contributed by atoms with Crippen molar-refractivity contribution in [2.45, 2.75) is 12.8 Å². The fourth-order valence-corrected chi connectivity index (χ4v) is 4.06. The molecule has 0 atom stereocenters. The molecule has 3 heterocycles. The normalized spacial score (nSPS) is 16.9. The van der Waals surface area contributed by atoms with Crippen molar-refractivity contribution in [3.63, 3.8) is 0 Å². The van der Waals surface area contributed by atoms with Crippen molar-refractivity contribution < 1.29 is 14.3 Å². The number of fused-ring (bicyclic) bond motifs is 1. The zero-order valence-corrected chi connectivity index (χ0v) is 15.3. The van der Waals surface area contributed by atoms with Gasteiger partial charge >= 0.3 is 6.03 Å². The van der Waals surface area contributed by atoms with Crippen LogP contribution in [0.4, 0.5) is 16.2 Å². The van der Waals surface area contributed by atoms with E-state index in [0.29, 0.717) is 26.3 Å². The maximum absolute atomic E-state index is 12.7. The molecule has 26 heavy (non-hydrogen) atoms. The predicted octanol–water partition coefficient (Wildman–Crippen LogP) is 3.21. The molecular formula is C19H21N3O3S. The molecule has 6 nitrogen and oxygen atoms in total. The smallest absolute Gasteiger partial charge is 0.321 e. The second-order valence-corrected chi connectivity index (χ2v) is 7.36. The summed E-state index contributed by atoms with van der Waals surface area (Å²) in [5, 5.41) is 4.88. The highest BCUT2D eigenvalue weighted by Crippen LogP contribution is 2.31. The molecule has 2 aromatic rings. The van der Waals surface area contributed by atoms with E-state index in [0.717, 1.165) is 41.2 Å². The molecule has 0 unspecified atom stereocenters. The Morgan fingerprint density at radius 3 is 2.73 bits per heavy atom. The van der Waals surface area contributed by atoms with E-state index in [2.05, 4.69) is 5.32 Å². The first-order valence-electron chi connectivity index (χ1n) is 8.84. The quantitative estimate of drug-likeness (QED) is 0.882. The van der Waals surface area contributed by atoms with Gasteiger partial charge in [-0.3, -0.25) is 4.79 Å². The van der Waals surface area contributed by atoms with Crippen LogP contribution in [0.5, 0.6) is 0 Å². The number of hydrogen-bond donors (Lipinski definition) is 1. The Labute approximate surface area is 156 Å². The first-order valence-corrected chi connectivity index (χ1v) is 9.72.